The molecule has 0 amide bonds. The van der Waals surface area contributed by atoms with Crippen LogP contribution in [0.5, 0.6) is 5.75 Å². The van der Waals surface area contributed by atoms with Crippen LogP contribution in [0.4, 0.5) is 0 Å². The molecule has 0 radical (unpaired) electrons. The lowest BCUT2D eigenvalue weighted by atomic mass is 9.88. The average Bonchev–Trinajstić information content (AvgIpc) is 2.58. The minimum Gasteiger partial charge on any atom is -0.490 e. The van der Waals surface area contributed by atoms with Crippen LogP contribution in [0, 0.1) is 18.8 Å². The highest BCUT2D eigenvalue weighted by molar-refractivity contribution is 5.98. The van der Waals surface area contributed by atoms with Gasteiger partial charge in [-0.3, -0.25) is 4.79 Å². The monoisotopic (exact) mass is 348 g/mol. The first kappa shape index (κ1) is 21.7. The fraction of sp³-hybridized carbons (Fsp3) is 0.682. The van der Waals surface area contributed by atoms with Gasteiger partial charge >= 0.3 is 0 Å². The molecule has 0 fully saturated rings. The van der Waals surface area contributed by atoms with Crippen molar-refractivity contribution in [2.75, 3.05) is 6.61 Å². The van der Waals surface area contributed by atoms with Crippen molar-refractivity contribution in [3.05, 3.63) is 29.3 Å². The van der Waals surface area contributed by atoms with E-state index in [9.17, 15) is 4.79 Å². The van der Waals surface area contributed by atoms with Gasteiger partial charge in [0, 0.05) is 18.1 Å². The molecule has 142 valence electrons. The summed E-state index contributed by atoms with van der Waals surface area (Å²) in [6, 6.07) is 5.87. The normalized spacial score (nSPS) is 13.7. The molecule has 2 unspecified atom stereocenters. The van der Waals surface area contributed by atoms with Gasteiger partial charge in [0.2, 0.25) is 0 Å². The summed E-state index contributed by atoms with van der Waals surface area (Å²) < 4.78 is 6.15. The molecule has 3 heteroatoms. The van der Waals surface area contributed by atoms with Gasteiger partial charge in [-0.2, -0.15) is 0 Å². The van der Waals surface area contributed by atoms with Crippen LogP contribution in [0.15, 0.2) is 18.2 Å². The Labute approximate surface area is 153 Å². The Balaban J connectivity index is 2.99. The molecule has 3 nitrogen and oxygen atoms in total. The molecule has 0 saturated carbocycles. The van der Waals surface area contributed by atoms with Crippen LogP contribution in [0.3, 0.4) is 0 Å². The Hall–Kier alpha value is -1.35. The minimum atomic E-state index is -0.00572. The van der Waals surface area contributed by atoms with E-state index in [1.165, 1.54) is 0 Å². The van der Waals surface area contributed by atoms with Crippen molar-refractivity contribution in [2.45, 2.75) is 79.2 Å². The van der Waals surface area contributed by atoms with Gasteiger partial charge in [0.1, 0.15) is 11.9 Å². The SMILES string of the molecule is CCCCC(CCCO)C(=O)c1cc(C)cc(OC(CC)C(C)C)c1. The quantitative estimate of drug-likeness (QED) is 0.502. The second kappa shape index (κ2) is 11.3. The number of Topliss-reactive ketones (excluding diaryl/α,β-unsaturated/α-hetero) is 1. The third kappa shape index (κ3) is 7.19. The zero-order valence-electron chi connectivity index (χ0n) is 16.7. The number of hydrogen-bond acceptors (Lipinski definition) is 3. The summed E-state index contributed by atoms with van der Waals surface area (Å²) in [5.74, 6) is 1.41. The van der Waals surface area contributed by atoms with E-state index in [4.69, 9.17) is 9.84 Å². The third-order valence-electron chi connectivity index (χ3n) is 4.76. The number of aliphatic hydroxyl groups is 1. The summed E-state index contributed by atoms with van der Waals surface area (Å²) >= 11 is 0. The molecule has 0 heterocycles. The van der Waals surface area contributed by atoms with Crippen LogP contribution in [-0.4, -0.2) is 23.6 Å². The van der Waals surface area contributed by atoms with Crippen molar-refractivity contribution in [1.82, 2.24) is 0 Å². The number of ether oxygens (including phenoxy) is 1. The van der Waals surface area contributed by atoms with E-state index in [1.807, 2.05) is 25.1 Å². The highest BCUT2D eigenvalue weighted by atomic mass is 16.5. The Bertz CT molecular complexity index is 514. The number of aliphatic hydroxyl groups excluding tert-OH is 1. The van der Waals surface area contributed by atoms with Crippen LogP contribution in [0.1, 0.15) is 82.1 Å². The van der Waals surface area contributed by atoms with Crippen LogP contribution >= 0.6 is 0 Å². The largest absolute Gasteiger partial charge is 0.490 e. The van der Waals surface area contributed by atoms with Crippen molar-refractivity contribution >= 4 is 5.78 Å². The molecule has 1 N–H and O–H groups in total. The van der Waals surface area contributed by atoms with Gasteiger partial charge in [-0.15, -0.1) is 0 Å². The zero-order chi connectivity index (χ0) is 18.8. The van der Waals surface area contributed by atoms with Crippen molar-refractivity contribution in [1.29, 1.82) is 0 Å². The third-order valence-corrected chi connectivity index (χ3v) is 4.76. The summed E-state index contributed by atoms with van der Waals surface area (Å²) in [5.41, 5.74) is 1.79. The molecule has 1 aromatic carbocycles. The van der Waals surface area contributed by atoms with Crippen LogP contribution in [-0.2, 0) is 0 Å². The van der Waals surface area contributed by atoms with Crippen LogP contribution < -0.4 is 4.74 Å². The molecule has 0 bridgehead atoms. The second-order valence-corrected chi connectivity index (χ2v) is 7.41. The number of carbonyl (C=O) groups excluding carboxylic acids is 1. The predicted molar refractivity (Wildman–Crippen MR) is 104 cm³/mol. The minimum absolute atomic E-state index is 0.00572. The highest BCUT2D eigenvalue weighted by Gasteiger charge is 2.21. The smallest absolute Gasteiger partial charge is 0.166 e. The second-order valence-electron chi connectivity index (χ2n) is 7.41. The molecule has 0 aromatic heterocycles. The number of ketones is 1. The van der Waals surface area contributed by atoms with Crippen LogP contribution in [0.2, 0.25) is 0 Å². The van der Waals surface area contributed by atoms with E-state index in [0.29, 0.717) is 12.3 Å². The Morgan fingerprint density at radius 3 is 2.36 bits per heavy atom. The number of aryl methyl sites for hydroxylation is 1. The van der Waals surface area contributed by atoms with E-state index >= 15 is 0 Å². The molecule has 0 aliphatic heterocycles. The molecule has 2 atom stereocenters. The summed E-state index contributed by atoms with van der Waals surface area (Å²) in [5, 5.41) is 9.13. The van der Waals surface area contributed by atoms with Gasteiger partial charge < -0.3 is 9.84 Å². The lowest BCUT2D eigenvalue weighted by Gasteiger charge is -2.22. The lowest BCUT2D eigenvalue weighted by molar-refractivity contribution is 0.0896. The molecule has 0 aliphatic rings. The summed E-state index contributed by atoms with van der Waals surface area (Å²) in [7, 11) is 0. The molecule has 25 heavy (non-hydrogen) atoms. The van der Waals surface area contributed by atoms with Crippen molar-refractivity contribution in [3.8, 4) is 5.75 Å². The summed E-state index contributed by atoms with van der Waals surface area (Å²) in [6.07, 6.45) is 5.56. The van der Waals surface area contributed by atoms with E-state index in [1.54, 1.807) is 0 Å². The maximum absolute atomic E-state index is 13.0. The van der Waals surface area contributed by atoms with Crippen LogP contribution in [0.25, 0.3) is 0 Å². The van der Waals surface area contributed by atoms with E-state index in [-0.39, 0.29) is 24.4 Å². The zero-order valence-corrected chi connectivity index (χ0v) is 16.7. The molecule has 1 aromatic rings. The summed E-state index contributed by atoms with van der Waals surface area (Å²) in [4.78, 5) is 13.0. The topological polar surface area (TPSA) is 46.5 Å². The van der Waals surface area contributed by atoms with Gasteiger partial charge in [0.25, 0.3) is 0 Å². The van der Waals surface area contributed by atoms with Crippen molar-refractivity contribution in [2.24, 2.45) is 11.8 Å². The van der Waals surface area contributed by atoms with Crippen molar-refractivity contribution in [3.63, 3.8) is 0 Å². The Morgan fingerprint density at radius 2 is 1.80 bits per heavy atom. The number of benzene rings is 1. The number of rotatable bonds is 12. The fourth-order valence-electron chi connectivity index (χ4n) is 3.25. The predicted octanol–water partition coefficient (Wildman–Crippen LogP) is 5.57. The van der Waals surface area contributed by atoms with E-state index in [0.717, 1.165) is 49.0 Å². The Kier molecular flexibility index (Phi) is 9.81. The first-order chi connectivity index (χ1) is 11.9. The summed E-state index contributed by atoms with van der Waals surface area (Å²) in [6.45, 7) is 10.7. The average molecular weight is 349 g/mol. The van der Waals surface area contributed by atoms with E-state index in [2.05, 4.69) is 27.7 Å². The van der Waals surface area contributed by atoms with Crippen molar-refractivity contribution < 1.29 is 14.6 Å². The first-order valence-electron chi connectivity index (χ1n) is 9.86. The fourth-order valence-corrected chi connectivity index (χ4v) is 3.25. The number of hydrogen-bond donors (Lipinski definition) is 1. The van der Waals surface area contributed by atoms with Gasteiger partial charge in [-0.25, -0.2) is 0 Å². The maximum Gasteiger partial charge on any atom is 0.166 e. The number of carbonyl (C=O) groups is 1. The van der Waals surface area contributed by atoms with Gasteiger partial charge in [-0.1, -0.05) is 40.5 Å². The Morgan fingerprint density at radius 1 is 1.12 bits per heavy atom. The molecular formula is C22H36O3. The molecular weight excluding hydrogens is 312 g/mol. The number of unbranched alkanes of at least 4 members (excludes halogenated alkanes) is 1. The van der Waals surface area contributed by atoms with E-state index < -0.39 is 0 Å². The lowest BCUT2D eigenvalue weighted by Crippen LogP contribution is -2.22. The standard InChI is InChI=1S/C22H36O3/c1-6-8-10-18(11-9-12-23)22(24)19-13-17(5)14-20(15-19)25-21(7-2)16(3)4/h13-16,18,21,23H,6-12H2,1-5H3. The van der Waals surface area contributed by atoms with Gasteiger partial charge in [-0.05, 0) is 62.3 Å². The molecule has 0 saturated heterocycles. The maximum atomic E-state index is 13.0. The molecule has 1 rings (SSSR count). The molecule has 0 aliphatic carbocycles. The highest BCUT2D eigenvalue weighted by Crippen LogP contribution is 2.26. The first-order valence-corrected chi connectivity index (χ1v) is 9.86. The molecule has 0 spiro atoms. The van der Waals surface area contributed by atoms with Gasteiger partial charge in [0.15, 0.2) is 5.78 Å². The van der Waals surface area contributed by atoms with Gasteiger partial charge in [0.05, 0.1) is 0 Å².